The predicted molar refractivity (Wildman–Crippen MR) is 100 cm³/mol. The third-order valence-corrected chi connectivity index (χ3v) is 4.73. The number of hydrogen-bond donors (Lipinski definition) is 0. The van der Waals surface area contributed by atoms with E-state index in [2.05, 4.69) is 30.3 Å². The molecular formula is C21H22ClNO. The molecule has 0 unspecified atom stereocenters. The van der Waals surface area contributed by atoms with Gasteiger partial charge in [0.25, 0.3) is 0 Å². The zero-order chi connectivity index (χ0) is 16.8. The summed E-state index contributed by atoms with van der Waals surface area (Å²) in [6, 6.07) is 18.3. The lowest BCUT2D eigenvalue weighted by Crippen LogP contribution is -2.34. The summed E-state index contributed by atoms with van der Waals surface area (Å²) in [6.45, 7) is 1.55. The molecule has 0 fully saturated rings. The predicted octanol–water partition coefficient (Wildman–Crippen LogP) is 4.98. The number of amides is 1. The Bertz CT molecular complexity index is 706. The Morgan fingerprint density at radius 2 is 1.79 bits per heavy atom. The van der Waals surface area contributed by atoms with Crippen LogP contribution in [0.1, 0.15) is 30.4 Å². The number of nitrogens with zero attached hydrogens (tertiary/aromatic N) is 1. The second-order valence-electron chi connectivity index (χ2n) is 6.17. The van der Waals surface area contributed by atoms with Crippen LogP contribution in [0.4, 0.5) is 0 Å². The molecule has 0 atom stereocenters. The molecule has 0 saturated carbocycles. The first-order chi connectivity index (χ1) is 11.7. The zero-order valence-corrected chi connectivity index (χ0v) is 14.5. The van der Waals surface area contributed by atoms with E-state index in [9.17, 15) is 4.79 Å². The summed E-state index contributed by atoms with van der Waals surface area (Å²) >= 11 is 5.89. The number of rotatable bonds is 5. The van der Waals surface area contributed by atoms with Gasteiger partial charge in [0.15, 0.2) is 0 Å². The molecule has 1 aliphatic heterocycles. The zero-order valence-electron chi connectivity index (χ0n) is 13.7. The fraction of sp³-hybridized carbons (Fsp3) is 0.286. The van der Waals surface area contributed by atoms with E-state index in [0.29, 0.717) is 6.42 Å². The quantitative estimate of drug-likeness (QED) is 0.752. The van der Waals surface area contributed by atoms with Crippen LogP contribution < -0.4 is 0 Å². The first-order valence-corrected chi connectivity index (χ1v) is 8.87. The van der Waals surface area contributed by atoms with Crippen LogP contribution in [0.3, 0.4) is 0 Å². The van der Waals surface area contributed by atoms with Gasteiger partial charge < -0.3 is 4.90 Å². The van der Waals surface area contributed by atoms with Gasteiger partial charge >= 0.3 is 0 Å². The molecule has 0 radical (unpaired) electrons. The van der Waals surface area contributed by atoms with Gasteiger partial charge in [0.1, 0.15) is 0 Å². The molecule has 2 nitrogen and oxygen atoms in total. The lowest BCUT2D eigenvalue weighted by Gasteiger charge is -2.26. The third kappa shape index (κ3) is 4.48. The first kappa shape index (κ1) is 16.8. The number of halogens is 1. The normalized spacial score (nSPS) is 14.4. The maximum Gasteiger partial charge on any atom is 0.222 e. The molecular weight excluding hydrogens is 318 g/mol. The van der Waals surface area contributed by atoms with Crippen LogP contribution in [0, 0.1) is 0 Å². The molecule has 1 heterocycles. The van der Waals surface area contributed by atoms with E-state index in [1.807, 2.05) is 35.2 Å². The Morgan fingerprint density at radius 1 is 1.04 bits per heavy atom. The smallest absolute Gasteiger partial charge is 0.222 e. The van der Waals surface area contributed by atoms with Crippen LogP contribution in [0.25, 0.3) is 5.57 Å². The highest BCUT2D eigenvalue weighted by Crippen LogP contribution is 2.22. The summed E-state index contributed by atoms with van der Waals surface area (Å²) in [5.74, 6) is 0.257. The van der Waals surface area contributed by atoms with Crippen LogP contribution in [-0.4, -0.2) is 23.9 Å². The van der Waals surface area contributed by atoms with Crippen LogP contribution in [0.15, 0.2) is 60.7 Å². The molecule has 1 amide bonds. The molecule has 3 heteroatoms. The lowest BCUT2D eigenvalue weighted by atomic mass is 9.99. The highest BCUT2D eigenvalue weighted by molar-refractivity contribution is 6.30. The van der Waals surface area contributed by atoms with Crippen molar-refractivity contribution in [3.05, 3.63) is 76.8 Å². The van der Waals surface area contributed by atoms with Crippen molar-refractivity contribution in [2.45, 2.75) is 25.7 Å². The number of benzene rings is 2. The molecule has 3 rings (SSSR count). The molecule has 0 saturated heterocycles. The minimum Gasteiger partial charge on any atom is -0.339 e. The molecule has 0 N–H and O–H groups in total. The molecule has 24 heavy (non-hydrogen) atoms. The van der Waals surface area contributed by atoms with Crippen molar-refractivity contribution in [1.29, 1.82) is 0 Å². The summed E-state index contributed by atoms with van der Waals surface area (Å²) in [5.41, 5.74) is 3.85. The molecule has 2 aromatic carbocycles. The van der Waals surface area contributed by atoms with Crippen molar-refractivity contribution < 1.29 is 4.79 Å². The number of aryl methyl sites for hydroxylation is 1. The Morgan fingerprint density at radius 3 is 2.46 bits per heavy atom. The molecule has 2 aromatic rings. The third-order valence-electron chi connectivity index (χ3n) is 4.48. The molecule has 0 spiro atoms. The lowest BCUT2D eigenvalue weighted by molar-refractivity contribution is -0.130. The summed E-state index contributed by atoms with van der Waals surface area (Å²) in [4.78, 5) is 14.3. The topological polar surface area (TPSA) is 20.3 Å². The van der Waals surface area contributed by atoms with Gasteiger partial charge in [-0.2, -0.15) is 0 Å². The van der Waals surface area contributed by atoms with Crippen LogP contribution >= 0.6 is 11.6 Å². The van der Waals surface area contributed by atoms with Crippen molar-refractivity contribution in [2.75, 3.05) is 13.1 Å². The summed E-state index contributed by atoms with van der Waals surface area (Å²) in [6.07, 6.45) is 5.54. The summed E-state index contributed by atoms with van der Waals surface area (Å²) in [7, 11) is 0. The van der Waals surface area contributed by atoms with Crippen LogP contribution in [-0.2, 0) is 11.2 Å². The van der Waals surface area contributed by atoms with E-state index in [1.54, 1.807) is 0 Å². The van der Waals surface area contributed by atoms with Gasteiger partial charge in [0.2, 0.25) is 5.91 Å². The minimum absolute atomic E-state index is 0.257. The van der Waals surface area contributed by atoms with Gasteiger partial charge in [-0.25, -0.2) is 0 Å². The maximum absolute atomic E-state index is 12.4. The Hall–Kier alpha value is -2.06. The second kappa shape index (κ2) is 8.16. The average Bonchev–Trinajstić information content (AvgIpc) is 2.64. The Labute approximate surface area is 148 Å². The Kier molecular flexibility index (Phi) is 5.71. The van der Waals surface area contributed by atoms with Crippen LogP contribution in [0.5, 0.6) is 0 Å². The van der Waals surface area contributed by atoms with Gasteiger partial charge in [0.05, 0.1) is 0 Å². The highest BCUT2D eigenvalue weighted by Gasteiger charge is 2.17. The minimum atomic E-state index is 0.257. The van der Waals surface area contributed by atoms with E-state index in [0.717, 1.165) is 37.4 Å². The van der Waals surface area contributed by atoms with E-state index >= 15 is 0 Å². The summed E-state index contributed by atoms with van der Waals surface area (Å²) in [5, 5.41) is 0.754. The van der Waals surface area contributed by atoms with Crippen molar-refractivity contribution in [2.24, 2.45) is 0 Å². The monoisotopic (exact) mass is 339 g/mol. The van der Waals surface area contributed by atoms with Crippen molar-refractivity contribution in [1.82, 2.24) is 4.90 Å². The average molecular weight is 340 g/mol. The van der Waals surface area contributed by atoms with Gasteiger partial charge in [-0.05, 0) is 48.1 Å². The number of carbonyl (C=O) groups excluding carboxylic acids is 1. The van der Waals surface area contributed by atoms with E-state index in [1.165, 1.54) is 16.7 Å². The van der Waals surface area contributed by atoms with Crippen molar-refractivity contribution in [3.63, 3.8) is 0 Å². The first-order valence-electron chi connectivity index (χ1n) is 8.49. The second-order valence-corrected chi connectivity index (χ2v) is 6.60. The van der Waals surface area contributed by atoms with Gasteiger partial charge in [-0.1, -0.05) is 60.1 Å². The van der Waals surface area contributed by atoms with E-state index in [-0.39, 0.29) is 5.91 Å². The molecule has 0 aliphatic carbocycles. The molecule has 0 bridgehead atoms. The number of carbonyl (C=O) groups is 1. The van der Waals surface area contributed by atoms with Gasteiger partial charge in [0, 0.05) is 24.5 Å². The van der Waals surface area contributed by atoms with E-state index < -0.39 is 0 Å². The van der Waals surface area contributed by atoms with Gasteiger partial charge in [-0.3, -0.25) is 4.79 Å². The summed E-state index contributed by atoms with van der Waals surface area (Å²) < 4.78 is 0. The van der Waals surface area contributed by atoms with Crippen molar-refractivity contribution >= 4 is 23.1 Å². The standard InChI is InChI=1S/C21H22ClNO/c22-20-11-9-17(10-12-20)5-4-8-21(24)23-15-13-19(14-16-23)18-6-2-1-3-7-18/h1-3,6-7,9-13H,4-5,8,14-16H2. The largest absolute Gasteiger partial charge is 0.339 e. The Balaban J connectivity index is 1.46. The highest BCUT2D eigenvalue weighted by atomic mass is 35.5. The number of hydrogen-bond acceptors (Lipinski definition) is 1. The molecule has 0 aromatic heterocycles. The maximum atomic E-state index is 12.4. The van der Waals surface area contributed by atoms with Crippen LogP contribution in [0.2, 0.25) is 5.02 Å². The molecule has 124 valence electrons. The SMILES string of the molecule is O=C(CCCc1ccc(Cl)cc1)N1CC=C(c2ccccc2)CC1. The van der Waals surface area contributed by atoms with E-state index in [4.69, 9.17) is 11.6 Å². The van der Waals surface area contributed by atoms with Crippen molar-refractivity contribution in [3.8, 4) is 0 Å². The van der Waals surface area contributed by atoms with Gasteiger partial charge in [-0.15, -0.1) is 0 Å². The fourth-order valence-electron chi connectivity index (χ4n) is 3.06. The molecule has 1 aliphatic rings. The fourth-order valence-corrected chi connectivity index (χ4v) is 3.19.